The molecule has 0 aliphatic rings. The number of rotatable bonds is 8. The van der Waals surface area contributed by atoms with E-state index in [9.17, 15) is 0 Å². The summed E-state index contributed by atoms with van der Waals surface area (Å²) < 4.78 is 0. The SMILES string of the molecule is c1ccc(-c2ccc(N(c3ccc(-c4cccc5ccccc45)cc3)c3cccc(-c4ccccc4)c3-c3ccccc3-c3cccc4ccccc34)cc2)cc1. The number of anilines is 3. The molecule has 0 radical (unpaired) electrons. The van der Waals surface area contributed by atoms with Gasteiger partial charge in [-0.1, -0.05) is 206 Å². The van der Waals surface area contributed by atoms with E-state index in [4.69, 9.17) is 0 Å². The van der Waals surface area contributed by atoms with Crippen LogP contribution in [0, 0.1) is 0 Å². The van der Waals surface area contributed by atoms with Crippen LogP contribution >= 0.6 is 0 Å². The maximum Gasteiger partial charge on any atom is 0.0546 e. The van der Waals surface area contributed by atoms with Gasteiger partial charge < -0.3 is 4.90 Å². The molecule has 1 nitrogen and oxygen atoms in total. The minimum absolute atomic E-state index is 1.08. The van der Waals surface area contributed by atoms with Gasteiger partial charge in [0.25, 0.3) is 0 Å². The first-order valence-electron chi connectivity index (χ1n) is 19.6. The van der Waals surface area contributed by atoms with E-state index in [1.807, 2.05) is 0 Å². The van der Waals surface area contributed by atoms with Gasteiger partial charge in [-0.25, -0.2) is 0 Å². The Hall–Kier alpha value is -7.48. The van der Waals surface area contributed by atoms with Crippen LogP contribution in [-0.4, -0.2) is 0 Å². The van der Waals surface area contributed by atoms with Gasteiger partial charge in [-0.15, -0.1) is 0 Å². The summed E-state index contributed by atoms with van der Waals surface area (Å²) in [6.07, 6.45) is 0. The Balaban J connectivity index is 1.21. The van der Waals surface area contributed by atoms with Crippen LogP contribution in [0.2, 0.25) is 0 Å². The monoisotopic (exact) mass is 725 g/mol. The van der Waals surface area contributed by atoms with E-state index in [0.29, 0.717) is 0 Å². The van der Waals surface area contributed by atoms with Gasteiger partial charge in [-0.2, -0.15) is 0 Å². The summed E-state index contributed by atoms with van der Waals surface area (Å²) >= 11 is 0. The topological polar surface area (TPSA) is 3.24 Å². The lowest BCUT2D eigenvalue weighted by Gasteiger charge is -2.30. The average molecular weight is 726 g/mol. The van der Waals surface area contributed by atoms with Gasteiger partial charge in [0.2, 0.25) is 0 Å². The highest BCUT2D eigenvalue weighted by atomic mass is 15.1. The highest BCUT2D eigenvalue weighted by Gasteiger charge is 2.23. The van der Waals surface area contributed by atoms with Crippen molar-refractivity contribution in [3.63, 3.8) is 0 Å². The third kappa shape index (κ3) is 6.46. The minimum Gasteiger partial charge on any atom is -0.310 e. The molecule has 268 valence electrons. The molecule has 1 heteroatoms. The van der Waals surface area contributed by atoms with Crippen LogP contribution in [0.1, 0.15) is 0 Å². The minimum atomic E-state index is 1.08. The molecule has 0 N–H and O–H groups in total. The summed E-state index contributed by atoms with van der Waals surface area (Å²) in [5, 5.41) is 4.96. The molecule has 10 aromatic carbocycles. The van der Waals surface area contributed by atoms with E-state index in [0.717, 1.165) is 17.1 Å². The Morgan fingerprint density at radius 3 is 1.28 bits per heavy atom. The second kappa shape index (κ2) is 15.0. The quantitative estimate of drug-likeness (QED) is 0.151. The summed E-state index contributed by atoms with van der Waals surface area (Å²) in [7, 11) is 0. The van der Waals surface area contributed by atoms with Gasteiger partial charge in [-0.05, 0) is 102 Å². The lowest BCUT2D eigenvalue weighted by molar-refractivity contribution is 1.28. The van der Waals surface area contributed by atoms with Crippen molar-refractivity contribution >= 4 is 38.6 Å². The van der Waals surface area contributed by atoms with Gasteiger partial charge in [0.15, 0.2) is 0 Å². The van der Waals surface area contributed by atoms with E-state index in [1.165, 1.54) is 77.2 Å². The Bertz CT molecular complexity index is 2970. The molecule has 0 heterocycles. The van der Waals surface area contributed by atoms with Crippen LogP contribution in [0.3, 0.4) is 0 Å². The molecule has 0 unspecified atom stereocenters. The number of fused-ring (bicyclic) bond motifs is 2. The van der Waals surface area contributed by atoms with Crippen LogP contribution < -0.4 is 4.90 Å². The van der Waals surface area contributed by atoms with Crippen molar-refractivity contribution in [3.8, 4) is 55.6 Å². The molecule has 0 fully saturated rings. The lowest BCUT2D eigenvalue weighted by Crippen LogP contribution is -2.12. The van der Waals surface area contributed by atoms with E-state index in [-0.39, 0.29) is 0 Å². The van der Waals surface area contributed by atoms with Crippen molar-refractivity contribution in [2.24, 2.45) is 0 Å². The Morgan fingerprint density at radius 2 is 0.632 bits per heavy atom. The molecule has 57 heavy (non-hydrogen) atoms. The smallest absolute Gasteiger partial charge is 0.0546 e. The predicted molar refractivity (Wildman–Crippen MR) is 243 cm³/mol. The van der Waals surface area contributed by atoms with E-state index in [1.54, 1.807) is 0 Å². The van der Waals surface area contributed by atoms with Gasteiger partial charge in [-0.3, -0.25) is 0 Å². The molecular weight excluding hydrogens is 687 g/mol. The fraction of sp³-hybridized carbons (Fsp3) is 0. The molecule has 0 aromatic heterocycles. The second-order valence-electron chi connectivity index (χ2n) is 14.5. The molecule has 0 aliphatic carbocycles. The molecule has 0 aliphatic heterocycles. The van der Waals surface area contributed by atoms with Crippen molar-refractivity contribution in [3.05, 3.63) is 237 Å². The summed E-state index contributed by atoms with van der Waals surface area (Å²) in [6.45, 7) is 0. The number of nitrogens with zero attached hydrogens (tertiary/aromatic N) is 1. The molecule has 0 spiro atoms. The fourth-order valence-electron chi connectivity index (χ4n) is 8.39. The van der Waals surface area contributed by atoms with Crippen molar-refractivity contribution in [2.75, 3.05) is 4.90 Å². The Kier molecular flexibility index (Phi) is 8.95. The van der Waals surface area contributed by atoms with Crippen LogP contribution in [0.15, 0.2) is 237 Å². The van der Waals surface area contributed by atoms with E-state index in [2.05, 4.69) is 241 Å². The van der Waals surface area contributed by atoms with Gasteiger partial charge in [0, 0.05) is 16.9 Å². The number of hydrogen-bond donors (Lipinski definition) is 0. The van der Waals surface area contributed by atoms with Crippen LogP contribution in [0.5, 0.6) is 0 Å². The summed E-state index contributed by atoms with van der Waals surface area (Å²) in [5.74, 6) is 0. The third-order valence-corrected chi connectivity index (χ3v) is 11.1. The standard InChI is InChI=1S/C56H39N/c1-3-16-40(17-4-1)41-32-36-46(37-33-41)57(47-38-34-45(35-39-47)49-28-13-22-42-20-7-9-24-48(42)49)55-31-15-29-51(44-18-5-2-6-19-44)56(55)54-27-12-11-26-53(54)52-30-14-23-43-21-8-10-25-50(43)52/h1-39H. The van der Waals surface area contributed by atoms with Gasteiger partial charge >= 0.3 is 0 Å². The summed E-state index contributed by atoms with van der Waals surface area (Å²) in [5.41, 5.74) is 15.2. The number of hydrogen-bond acceptors (Lipinski definition) is 1. The highest BCUT2D eigenvalue weighted by molar-refractivity contribution is 6.06. The van der Waals surface area contributed by atoms with Crippen molar-refractivity contribution in [2.45, 2.75) is 0 Å². The highest BCUT2D eigenvalue weighted by Crippen LogP contribution is 2.49. The van der Waals surface area contributed by atoms with Crippen LogP contribution in [0.4, 0.5) is 17.1 Å². The zero-order chi connectivity index (χ0) is 38.0. The predicted octanol–water partition coefficient (Wildman–Crippen LogP) is 15.8. The van der Waals surface area contributed by atoms with E-state index >= 15 is 0 Å². The van der Waals surface area contributed by atoms with E-state index < -0.39 is 0 Å². The van der Waals surface area contributed by atoms with Crippen molar-refractivity contribution in [1.82, 2.24) is 0 Å². The molecule has 0 bridgehead atoms. The van der Waals surface area contributed by atoms with Gasteiger partial charge in [0.1, 0.15) is 0 Å². The van der Waals surface area contributed by atoms with Crippen molar-refractivity contribution in [1.29, 1.82) is 0 Å². The van der Waals surface area contributed by atoms with Gasteiger partial charge in [0.05, 0.1) is 5.69 Å². The largest absolute Gasteiger partial charge is 0.310 e. The molecule has 10 aromatic rings. The van der Waals surface area contributed by atoms with Crippen LogP contribution in [0.25, 0.3) is 77.2 Å². The lowest BCUT2D eigenvalue weighted by atomic mass is 9.86. The molecule has 0 saturated heterocycles. The molecule has 0 saturated carbocycles. The third-order valence-electron chi connectivity index (χ3n) is 11.1. The Labute approximate surface area is 334 Å². The molecular formula is C56H39N. The summed E-state index contributed by atoms with van der Waals surface area (Å²) in [6, 6.07) is 85.7. The maximum atomic E-state index is 2.43. The normalized spacial score (nSPS) is 11.2. The zero-order valence-corrected chi connectivity index (χ0v) is 31.5. The maximum absolute atomic E-state index is 2.43. The summed E-state index contributed by atoms with van der Waals surface area (Å²) in [4.78, 5) is 2.43. The Morgan fingerprint density at radius 1 is 0.228 bits per heavy atom. The first kappa shape index (κ1) is 34.0. The average Bonchev–Trinajstić information content (AvgIpc) is 3.30. The molecule has 10 rings (SSSR count). The molecule has 0 amide bonds. The number of benzene rings is 10. The van der Waals surface area contributed by atoms with Crippen molar-refractivity contribution < 1.29 is 0 Å². The first-order valence-corrected chi connectivity index (χ1v) is 19.6. The zero-order valence-electron chi connectivity index (χ0n) is 31.5. The van der Waals surface area contributed by atoms with Crippen LogP contribution in [-0.2, 0) is 0 Å². The molecule has 0 atom stereocenters. The second-order valence-corrected chi connectivity index (χ2v) is 14.5. The fourth-order valence-corrected chi connectivity index (χ4v) is 8.39. The first-order chi connectivity index (χ1) is 28.3.